The maximum absolute atomic E-state index is 12.3. The highest BCUT2D eigenvalue weighted by Crippen LogP contribution is 2.55. The molecule has 4 bridgehead atoms. The van der Waals surface area contributed by atoms with Crippen LogP contribution in [0.5, 0.6) is 5.75 Å². The molecule has 0 unspecified atom stereocenters. The van der Waals surface area contributed by atoms with Crippen LogP contribution in [0.1, 0.15) is 44.1 Å². The fraction of sp³-hybridized carbons (Fsp3) is 0.556. The summed E-state index contributed by atoms with van der Waals surface area (Å²) in [7, 11) is 0. The number of hydrogen-bond donors (Lipinski definition) is 2. The number of hydrazone groups is 1. The first kappa shape index (κ1) is 16.8. The van der Waals surface area contributed by atoms with E-state index in [0.29, 0.717) is 0 Å². The highest BCUT2D eigenvalue weighted by Gasteiger charge is 2.51. The Hall–Kier alpha value is -2.64. The lowest BCUT2D eigenvalue weighted by atomic mass is 9.53. The van der Waals surface area contributed by atoms with E-state index in [4.69, 9.17) is 0 Å². The number of benzene rings is 1. The van der Waals surface area contributed by atoms with Crippen LogP contribution in [-0.2, 0) is 0 Å². The molecule has 0 heterocycles. The Kier molecular flexibility index (Phi) is 4.05. The zero-order valence-electron chi connectivity index (χ0n) is 14.3. The summed E-state index contributed by atoms with van der Waals surface area (Å²) >= 11 is 0. The minimum absolute atomic E-state index is 0.0642. The predicted octanol–water partition coefficient (Wildman–Crippen LogP) is 2.27. The molecule has 0 aromatic heterocycles. The van der Waals surface area contributed by atoms with Crippen LogP contribution in [0.25, 0.3) is 0 Å². The molecule has 0 spiro atoms. The fourth-order valence-corrected chi connectivity index (χ4v) is 5.44. The van der Waals surface area contributed by atoms with Crippen molar-refractivity contribution in [3.63, 3.8) is 0 Å². The van der Waals surface area contributed by atoms with Crippen LogP contribution in [0.3, 0.4) is 0 Å². The molecule has 0 aliphatic heterocycles. The van der Waals surface area contributed by atoms with E-state index in [-0.39, 0.29) is 28.6 Å². The van der Waals surface area contributed by atoms with Gasteiger partial charge in [0.2, 0.25) is 0 Å². The minimum atomic E-state index is -0.579. The van der Waals surface area contributed by atoms with E-state index in [1.54, 1.807) is 0 Å². The van der Waals surface area contributed by atoms with Crippen LogP contribution in [0.15, 0.2) is 23.3 Å². The Morgan fingerprint density at radius 2 is 1.81 bits per heavy atom. The fourth-order valence-electron chi connectivity index (χ4n) is 5.44. The van der Waals surface area contributed by atoms with Gasteiger partial charge in [-0.15, -0.1) is 0 Å². The molecule has 4 aliphatic carbocycles. The molecular formula is C18H21N4O4-. The first-order valence-corrected chi connectivity index (χ1v) is 8.99. The van der Waals surface area contributed by atoms with Gasteiger partial charge in [0, 0.05) is 17.7 Å². The topological polar surface area (TPSA) is 120 Å². The Bertz CT molecular complexity index is 741. The quantitative estimate of drug-likeness (QED) is 0.488. The molecular weight excluding hydrogens is 336 g/mol. The number of rotatable bonds is 4. The number of nitrogens with zero attached hydrogens (tertiary/aromatic N) is 2. The number of urea groups is 1. The van der Waals surface area contributed by atoms with Gasteiger partial charge in [0.25, 0.3) is 5.69 Å². The SMILES string of the molecule is O=C(N/N=C\c1cc([N+](=O)[O-])ccc1[O-])NC12CC3CC(CC(C3)C1)C2. The summed E-state index contributed by atoms with van der Waals surface area (Å²) in [5.74, 6) is 1.77. The average molecular weight is 357 g/mol. The van der Waals surface area contributed by atoms with Gasteiger partial charge in [-0.1, -0.05) is 11.8 Å². The summed E-state index contributed by atoms with van der Waals surface area (Å²) in [6.07, 6.45) is 8.12. The summed E-state index contributed by atoms with van der Waals surface area (Å²) < 4.78 is 0. The number of nitro groups is 1. The highest BCUT2D eigenvalue weighted by atomic mass is 16.6. The Balaban J connectivity index is 1.38. The molecule has 0 atom stereocenters. The molecule has 4 saturated carbocycles. The third-order valence-corrected chi connectivity index (χ3v) is 5.99. The van der Waals surface area contributed by atoms with Crippen molar-refractivity contribution in [1.29, 1.82) is 0 Å². The van der Waals surface area contributed by atoms with Crippen molar-refractivity contribution in [1.82, 2.24) is 10.7 Å². The largest absolute Gasteiger partial charge is 0.872 e. The first-order valence-electron chi connectivity index (χ1n) is 8.99. The van der Waals surface area contributed by atoms with E-state index in [9.17, 15) is 20.0 Å². The van der Waals surface area contributed by atoms with Crippen molar-refractivity contribution in [2.24, 2.45) is 22.9 Å². The van der Waals surface area contributed by atoms with E-state index in [2.05, 4.69) is 15.8 Å². The van der Waals surface area contributed by atoms with E-state index >= 15 is 0 Å². The van der Waals surface area contributed by atoms with Crippen molar-refractivity contribution in [3.8, 4) is 5.75 Å². The summed E-state index contributed by atoms with van der Waals surface area (Å²) in [4.78, 5) is 22.5. The monoisotopic (exact) mass is 357 g/mol. The lowest BCUT2D eigenvalue weighted by Crippen LogP contribution is -2.61. The van der Waals surface area contributed by atoms with Crippen LogP contribution in [0.2, 0.25) is 0 Å². The number of hydrogen-bond acceptors (Lipinski definition) is 5. The normalized spacial score (nSPS) is 31.9. The second kappa shape index (κ2) is 6.26. The molecule has 2 amide bonds. The zero-order chi connectivity index (χ0) is 18.3. The summed E-state index contributed by atoms with van der Waals surface area (Å²) in [5.41, 5.74) is 2.14. The Labute approximate surface area is 150 Å². The smallest absolute Gasteiger partial charge is 0.335 e. The molecule has 26 heavy (non-hydrogen) atoms. The van der Waals surface area contributed by atoms with Gasteiger partial charge in [-0.05, 0) is 61.8 Å². The molecule has 1 aromatic rings. The number of non-ortho nitro benzene ring substituents is 1. The molecule has 1 aromatic carbocycles. The summed E-state index contributed by atoms with van der Waals surface area (Å²) in [6.45, 7) is 0. The van der Waals surface area contributed by atoms with Crippen LogP contribution in [0.4, 0.5) is 10.5 Å². The van der Waals surface area contributed by atoms with Gasteiger partial charge < -0.3 is 10.4 Å². The number of nitro benzene ring substituents is 1. The van der Waals surface area contributed by atoms with Crippen LogP contribution < -0.4 is 15.8 Å². The number of carbonyl (C=O) groups excluding carboxylic acids is 1. The van der Waals surface area contributed by atoms with Gasteiger partial charge in [-0.3, -0.25) is 10.1 Å². The minimum Gasteiger partial charge on any atom is -0.872 e. The molecule has 0 saturated heterocycles. The van der Waals surface area contributed by atoms with Gasteiger partial charge in [-0.2, -0.15) is 5.10 Å². The van der Waals surface area contributed by atoms with E-state index < -0.39 is 4.92 Å². The van der Waals surface area contributed by atoms with Crippen molar-refractivity contribution in [3.05, 3.63) is 33.9 Å². The number of carbonyl (C=O) groups is 1. The van der Waals surface area contributed by atoms with E-state index in [1.165, 1.54) is 19.3 Å². The van der Waals surface area contributed by atoms with Crippen LogP contribution in [-0.4, -0.2) is 22.7 Å². The van der Waals surface area contributed by atoms with Gasteiger partial charge in [0.05, 0.1) is 11.1 Å². The molecule has 2 N–H and O–H groups in total. The second-order valence-electron chi connectivity index (χ2n) is 8.00. The van der Waals surface area contributed by atoms with E-state index in [0.717, 1.165) is 61.4 Å². The van der Waals surface area contributed by atoms with Crippen molar-refractivity contribution in [2.75, 3.05) is 0 Å². The van der Waals surface area contributed by atoms with Crippen molar-refractivity contribution >= 4 is 17.9 Å². The number of nitrogens with one attached hydrogen (secondary N) is 2. The third kappa shape index (κ3) is 3.23. The number of amides is 2. The molecule has 8 nitrogen and oxygen atoms in total. The van der Waals surface area contributed by atoms with Crippen molar-refractivity contribution < 1.29 is 14.8 Å². The molecule has 4 fully saturated rings. The third-order valence-electron chi connectivity index (χ3n) is 5.99. The Morgan fingerprint density at radius 3 is 2.38 bits per heavy atom. The summed E-state index contributed by atoms with van der Waals surface area (Å²) in [5, 5.41) is 29.4. The zero-order valence-corrected chi connectivity index (χ0v) is 14.3. The predicted molar refractivity (Wildman–Crippen MR) is 92.7 cm³/mol. The second-order valence-corrected chi connectivity index (χ2v) is 8.00. The van der Waals surface area contributed by atoms with Gasteiger partial charge in [0.15, 0.2) is 0 Å². The Morgan fingerprint density at radius 1 is 1.19 bits per heavy atom. The lowest BCUT2D eigenvalue weighted by molar-refractivity contribution is -0.385. The first-order chi connectivity index (χ1) is 12.4. The standard InChI is InChI=1S/C18H22N4O4/c23-16-2-1-15(22(25)26)6-14(16)10-19-21-17(24)20-18-7-11-3-12(8-18)5-13(4-11)9-18/h1-2,6,10-13,23H,3-5,7-9H2,(H2,20,21,24)/p-1/b19-10-. The molecule has 138 valence electrons. The van der Waals surface area contributed by atoms with E-state index in [1.807, 2.05) is 0 Å². The maximum atomic E-state index is 12.3. The molecule has 0 radical (unpaired) electrons. The highest BCUT2D eigenvalue weighted by molar-refractivity contribution is 5.85. The van der Waals surface area contributed by atoms with Crippen LogP contribution >= 0.6 is 0 Å². The summed E-state index contributed by atoms with van der Waals surface area (Å²) in [6, 6.07) is 3.02. The molecule has 8 heteroatoms. The van der Waals surface area contributed by atoms with Gasteiger partial charge in [-0.25, -0.2) is 10.2 Å². The lowest BCUT2D eigenvalue weighted by Gasteiger charge is -2.56. The average Bonchev–Trinajstić information content (AvgIpc) is 2.54. The van der Waals surface area contributed by atoms with Gasteiger partial charge in [0.1, 0.15) is 0 Å². The van der Waals surface area contributed by atoms with Crippen molar-refractivity contribution in [2.45, 2.75) is 44.1 Å². The van der Waals surface area contributed by atoms with Gasteiger partial charge >= 0.3 is 6.03 Å². The maximum Gasteiger partial charge on any atom is 0.335 e. The molecule has 5 rings (SSSR count). The van der Waals surface area contributed by atoms with Crippen LogP contribution in [0, 0.1) is 27.9 Å². The molecule has 4 aliphatic rings.